The van der Waals surface area contributed by atoms with Gasteiger partial charge in [0.05, 0.1) is 12.2 Å². The van der Waals surface area contributed by atoms with Gasteiger partial charge in [-0.25, -0.2) is 4.79 Å². The van der Waals surface area contributed by atoms with E-state index in [0.29, 0.717) is 22.3 Å². The van der Waals surface area contributed by atoms with Crippen molar-refractivity contribution in [3.63, 3.8) is 0 Å². The number of ether oxygens (including phenoxy) is 1. The molecule has 0 amide bonds. The van der Waals surface area contributed by atoms with Gasteiger partial charge in [-0.05, 0) is 25.0 Å². The van der Waals surface area contributed by atoms with Gasteiger partial charge in [-0.3, -0.25) is 4.79 Å². The van der Waals surface area contributed by atoms with Gasteiger partial charge in [-0.2, -0.15) is 0 Å². The lowest BCUT2D eigenvalue weighted by atomic mass is 9.92. The van der Waals surface area contributed by atoms with Crippen molar-refractivity contribution >= 4 is 22.9 Å². The van der Waals surface area contributed by atoms with Gasteiger partial charge in [-0.15, -0.1) is 0 Å². The maximum Gasteiger partial charge on any atom is 0.339 e. The molecule has 0 bridgehead atoms. The molecule has 2 aromatic carbocycles. The van der Waals surface area contributed by atoms with E-state index >= 15 is 0 Å². The first-order valence-electron chi connectivity index (χ1n) is 7.18. The highest BCUT2D eigenvalue weighted by Gasteiger charge is 2.22. The average Bonchev–Trinajstić information content (AvgIpc) is 2.54. The summed E-state index contributed by atoms with van der Waals surface area (Å²) in [7, 11) is 0. The second-order valence-corrected chi connectivity index (χ2v) is 4.76. The molecule has 3 heteroatoms. The van der Waals surface area contributed by atoms with Gasteiger partial charge >= 0.3 is 5.97 Å². The van der Waals surface area contributed by atoms with E-state index in [9.17, 15) is 9.59 Å². The van der Waals surface area contributed by atoms with Crippen LogP contribution < -0.4 is 0 Å². The van der Waals surface area contributed by atoms with Crippen molar-refractivity contribution < 1.29 is 14.3 Å². The summed E-state index contributed by atoms with van der Waals surface area (Å²) in [5.74, 6) is -0.652. The SMILES string of the molecule is CCOC(=O)/C(=C(/C(C)=O)c1ccccc1)c1ccccc1. The van der Waals surface area contributed by atoms with Crippen LogP contribution in [0.5, 0.6) is 0 Å². The van der Waals surface area contributed by atoms with E-state index in [4.69, 9.17) is 4.74 Å². The molecule has 0 aliphatic heterocycles. The zero-order chi connectivity index (χ0) is 15.9. The van der Waals surface area contributed by atoms with E-state index in [0.717, 1.165) is 0 Å². The monoisotopic (exact) mass is 294 g/mol. The Morgan fingerprint density at radius 2 is 1.27 bits per heavy atom. The summed E-state index contributed by atoms with van der Waals surface area (Å²) in [6.07, 6.45) is 0. The number of benzene rings is 2. The Hall–Kier alpha value is -2.68. The normalized spacial score (nSPS) is 11.5. The summed E-state index contributed by atoms with van der Waals surface area (Å²) in [5, 5.41) is 0. The third kappa shape index (κ3) is 3.50. The minimum atomic E-state index is -0.484. The topological polar surface area (TPSA) is 43.4 Å². The van der Waals surface area contributed by atoms with Gasteiger partial charge in [0.15, 0.2) is 5.78 Å². The van der Waals surface area contributed by atoms with Crippen molar-refractivity contribution in [2.24, 2.45) is 0 Å². The standard InChI is InChI=1S/C19H18O3/c1-3-22-19(21)18(16-12-8-5-9-13-16)17(14(2)20)15-10-6-4-7-11-15/h4-13H,3H2,1-2H3/b18-17-. The summed E-state index contributed by atoms with van der Waals surface area (Å²) in [6, 6.07) is 18.3. The predicted octanol–water partition coefficient (Wildman–Crippen LogP) is 3.75. The maximum atomic E-state index is 12.4. The molecular weight excluding hydrogens is 276 g/mol. The number of carbonyl (C=O) groups excluding carboxylic acids is 2. The molecule has 0 radical (unpaired) electrons. The molecule has 0 unspecified atom stereocenters. The van der Waals surface area contributed by atoms with Crippen LogP contribution in [0.1, 0.15) is 25.0 Å². The van der Waals surface area contributed by atoms with Crippen LogP contribution >= 0.6 is 0 Å². The molecule has 0 aliphatic carbocycles. The number of Topliss-reactive ketones (excluding diaryl/α,β-unsaturated/α-hetero) is 1. The number of esters is 1. The summed E-state index contributed by atoms with van der Waals surface area (Å²) in [4.78, 5) is 24.6. The first-order chi connectivity index (χ1) is 10.6. The van der Waals surface area contributed by atoms with Crippen LogP contribution in [-0.2, 0) is 14.3 Å². The first-order valence-corrected chi connectivity index (χ1v) is 7.18. The second kappa shape index (κ2) is 7.36. The Morgan fingerprint density at radius 3 is 1.68 bits per heavy atom. The highest BCUT2D eigenvalue weighted by atomic mass is 16.5. The van der Waals surface area contributed by atoms with Crippen molar-refractivity contribution in [3.8, 4) is 0 Å². The molecule has 0 heterocycles. The van der Waals surface area contributed by atoms with Gasteiger partial charge in [0.1, 0.15) is 0 Å². The smallest absolute Gasteiger partial charge is 0.339 e. The maximum absolute atomic E-state index is 12.4. The van der Waals surface area contributed by atoms with Crippen LogP contribution in [0.25, 0.3) is 11.1 Å². The molecule has 0 saturated carbocycles. The summed E-state index contributed by atoms with van der Waals surface area (Å²) >= 11 is 0. The molecule has 0 aliphatic rings. The van der Waals surface area contributed by atoms with Gasteiger partial charge in [0, 0.05) is 5.57 Å². The van der Waals surface area contributed by atoms with E-state index in [2.05, 4.69) is 0 Å². The zero-order valence-corrected chi connectivity index (χ0v) is 12.7. The minimum Gasteiger partial charge on any atom is -0.462 e. The van der Waals surface area contributed by atoms with Crippen LogP contribution in [0.3, 0.4) is 0 Å². The minimum absolute atomic E-state index is 0.168. The molecule has 0 fully saturated rings. The molecule has 0 saturated heterocycles. The Kier molecular flexibility index (Phi) is 5.26. The fourth-order valence-corrected chi connectivity index (χ4v) is 2.30. The van der Waals surface area contributed by atoms with Gasteiger partial charge < -0.3 is 4.74 Å². The number of rotatable bonds is 5. The van der Waals surface area contributed by atoms with Crippen LogP contribution in [0.15, 0.2) is 60.7 Å². The number of hydrogen-bond acceptors (Lipinski definition) is 3. The summed E-state index contributed by atoms with van der Waals surface area (Å²) < 4.78 is 5.16. The lowest BCUT2D eigenvalue weighted by Crippen LogP contribution is -2.12. The van der Waals surface area contributed by atoms with Gasteiger partial charge in [0.2, 0.25) is 0 Å². The van der Waals surface area contributed by atoms with E-state index in [1.807, 2.05) is 48.5 Å². The van der Waals surface area contributed by atoms with Crippen LogP contribution in [0.2, 0.25) is 0 Å². The third-order valence-electron chi connectivity index (χ3n) is 3.21. The Morgan fingerprint density at radius 1 is 0.818 bits per heavy atom. The number of hydrogen-bond donors (Lipinski definition) is 0. The quantitative estimate of drug-likeness (QED) is 0.479. The lowest BCUT2D eigenvalue weighted by molar-refractivity contribution is -0.136. The Balaban J connectivity index is 2.71. The van der Waals surface area contributed by atoms with Crippen molar-refractivity contribution in [1.82, 2.24) is 0 Å². The van der Waals surface area contributed by atoms with Crippen molar-refractivity contribution in [2.75, 3.05) is 6.61 Å². The average molecular weight is 294 g/mol. The molecule has 2 rings (SSSR count). The molecule has 3 nitrogen and oxygen atoms in total. The highest BCUT2D eigenvalue weighted by Crippen LogP contribution is 2.28. The molecule has 0 atom stereocenters. The van der Waals surface area contributed by atoms with E-state index in [1.54, 1.807) is 19.1 Å². The lowest BCUT2D eigenvalue weighted by Gasteiger charge is -2.13. The highest BCUT2D eigenvalue weighted by molar-refractivity contribution is 6.38. The van der Waals surface area contributed by atoms with Crippen molar-refractivity contribution in [1.29, 1.82) is 0 Å². The van der Waals surface area contributed by atoms with Crippen molar-refractivity contribution in [2.45, 2.75) is 13.8 Å². The summed E-state index contributed by atoms with van der Waals surface area (Å²) in [6.45, 7) is 3.47. The van der Waals surface area contributed by atoms with E-state index < -0.39 is 5.97 Å². The number of allylic oxidation sites excluding steroid dienone is 1. The zero-order valence-electron chi connectivity index (χ0n) is 12.7. The molecule has 22 heavy (non-hydrogen) atoms. The van der Waals surface area contributed by atoms with Gasteiger partial charge in [-0.1, -0.05) is 60.7 Å². The molecular formula is C19H18O3. The first kappa shape index (κ1) is 15.7. The molecule has 0 aromatic heterocycles. The number of ketones is 1. The Bertz CT molecular complexity index is 685. The number of carbonyl (C=O) groups is 2. The fourth-order valence-electron chi connectivity index (χ4n) is 2.30. The summed E-state index contributed by atoms with van der Waals surface area (Å²) in [5.41, 5.74) is 2.07. The van der Waals surface area contributed by atoms with Crippen molar-refractivity contribution in [3.05, 3.63) is 71.8 Å². The van der Waals surface area contributed by atoms with Gasteiger partial charge in [0.25, 0.3) is 0 Å². The van der Waals surface area contributed by atoms with Crippen LogP contribution in [-0.4, -0.2) is 18.4 Å². The molecule has 0 spiro atoms. The van der Waals surface area contributed by atoms with E-state index in [-0.39, 0.29) is 12.4 Å². The third-order valence-corrected chi connectivity index (χ3v) is 3.21. The van der Waals surface area contributed by atoms with Crippen LogP contribution in [0, 0.1) is 0 Å². The van der Waals surface area contributed by atoms with Crippen LogP contribution in [0.4, 0.5) is 0 Å². The largest absolute Gasteiger partial charge is 0.462 e. The second-order valence-electron chi connectivity index (χ2n) is 4.76. The fraction of sp³-hybridized carbons (Fsp3) is 0.158. The van der Waals surface area contributed by atoms with E-state index in [1.165, 1.54) is 6.92 Å². The Labute approximate surface area is 130 Å². The molecule has 112 valence electrons. The predicted molar refractivity (Wildman–Crippen MR) is 87.0 cm³/mol. The molecule has 0 N–H and O–H groups in total. The molecule has 2 aromatic rings.